The third-order valence-electron chi connectivity index (χ3n) is 4.38. The number of benzene rings is 1. The Hall–Kier alpha value is -1.13. The molecule has 1 unspecified atom stereocenters. The Morgan fingerprint density at radius 2 is 1.95 bits per heavy atom. The van der Waals surface area contributed by atoms with E-state index in [4.69, 9.17) is 4.74 Å². The molecule has 1 aromatic rings. The lowest BCUT2D eigenvalue weighted by Crippen LogP contribution is -2.41. The molecule has 1 fully saturated rings. The molecule has 0 saturated heterocycles. The van der Waals surface area contributed by atoms with Crippen molar-refractivity contribution >= 4 is 0 Å². The molecule has 0 aromatic heterocycles. The number of likely N-dealkylation sites (N-methyl/N-ethyl adjacent to an activating group) is 1. The number of para-hydroxylation sites is 1. The van der Waals surface area contributed by atoms with E-state index in [9.17, 15) is 9.50 Å². The predicted molar refractivity (Wildman–Crippen MR) is 82.0 cm³/mol. The SMILES string of the molecule is CC1CCC(N(C)CC(O)COc2ccccc2F)CC1. The van der Waals surface area contributed by atoms with Crippen LogP contribution in [0.3, 0.4) is 0 Å². The fourth-order valence-corrected chi connectivity index (χ4v) is 2.97. The second-order valence-electron chi connectivity index (χ2n) is 6.25. The first-order valence-electron chi connectivity index (χ1n) is 7.82. The summed E-state index contributed by atoms with van der Waals surface area (Å²) in [6.45, 7) is 2.98. The lowest BCUT2D eigenvalue weighted by atomic mass is 9.87. The first-order valence-corrected chi connectivity index (χ1v) is 7.82. The molecule has 0 radical (unpaired) electrons. The van der Waals surface area contributed by atoms with E-state index in [1.54, 1.807) is 18.2 Å². The number of aliphatic hydroxyl groups is 1. The van der Waals surface area contributed by atoms with E-state index in [0.717, 1.165) is 5.92 Å². The quantitative estimate of drug-likeness (QED) is 0.875. The summed E-state index contributed by atoms with van der Waals surface area (Å²) < 4.78 is 18.8. The maximum atomic E-state index is 13.4. The summed E-state index contributed by atoms with van der Waals surface area (Å²) in [5, 5.41) is 10.1. The third kappa shape index (κ3) is 4.97. The molecule has 3 nitrogen and oxygen atoms in total. The minimum absolute atomic E-state index is 0.119. The van der Waals surface area contributed by atoms with E-state index in [1.165, 1.54) is 31.7 Å². The monoisotopic (exact) mass is 295 g/mol. The van der Waals surface area contributed by atoms with Crippen LogP contribution < -0.4 is 4.74 Å². The van der Waals surface area contributed by atoms with Crippen molar-refractivity contribution in [3.05, 3.63) is 30.1 Å². The average Bonchev–Trinajstić information content (AvgIpc) is 2.47. The van der Waals surface area contributed by atoms with Gasteiger partial charge in [-0.2, -0.15) is 0 Å². The topological polar surface area (TPSA) is 32.7 Å². The highest BCUT2D eigenvalue weighted by molar-refractivity contribution is 5.23. The van der Waals surface area contributed by atoms with E-state index in [2.05, 4.69) is 11.8 Å². The van der Waals surface area contributed by atoms with E-state index in [-0.39, 0.29) is 18.2 Å². The molecular formula is C17H26FNO2. The van der Waals surface area contributed by atoms with Crippen LogP contribution in [0.5, 0.6) is 5.75 Å². The van der Waals surface area contributed by atoms with Crippen LogP contribution in [0, 0.1) is 11.7 Å². The van der Waals surface area contributed by atoms with Gasteiger partial charge in [-0.05, 0) is 50.8 Å². The largest absolute Gasteiger partial charge is 0.488 e. The van der Waals surface area contributed by atoms with Crippen LogP contribution in [0.4, 0.5) is 4.39 Å². The summed E-state index contributed by atoms with van der Waals surface area (Å²) in [6, 6.07) is 6.83. The summed E-state index contributed by atoms with van der Waals surface area (Å²) in [5.41, 5.74) is 0. The van der Waals surface area contributed by atoms with E-state index in [0.29, 0.717) is 12.6 Å². The fourth-order valence-electron chi connectivity index (χ4n) is 2.97. The molecule has 0 bridgehead atoms. The zero-order valence-electron chi connectivity index (χ0n) is 13.0. The second-order valence-corrected chi connectivity index (χ2v) is 6.25. The van der Waals surface area contributed by atoms with E-state index in [1.807, 2.05) is 7.05 Å². The standard InChI is InChI=1S/C17H26FNO2/c1-13-7-9-14(10-8-13)19(2)11-15(20)12-21-17-6-4-3-5-16(17)18/h3-6,13-15,20H,7-12H2,1-2H3. The van der Waals surface area contributed by atoms with Crippen LogP contribution in [0.25, 0.3) is 0 Å². The Labute approximate surface area is 126 Å². The molecule has 1 aromatic carbocycles. The number of halogens is 1. The number of aliphatic hydroxyl groups excluding tert-OH is 1. The lowest BCUT2D eigenvalue weighted by Gasteiger charge is -2.34. The lowest BCUT2D eigenvalue weighted by molar-refractivity contribution is 0.0521. The molecule has 21 heavy (non-hydrogen) atoms. The van der Waals surface area contributed by atoms with Gasteiger partial charge in [0, 0.05) is 12.6 Å². The summed E-state index contributed by atoms with van der Waals surface area (Å²) >= 11 is 0. The van der Waals surface area contributed by atoms with E-state index >= 15 is 0 Å². The Bertz CT molecular complexity index is 433. The van der Waals surface area contributed by atoms with Gasteiger partial charge in [-0.25, -0.2) is 4.39 Å². The molecule has 0 amide bonds. The molecule has 1 atom stereocenters. The maximum Gasteiger partial charge on any atom is 0.165 e. The van der Waals surface area contributed by atoms with Crippen molar-refractivity contribution in [1.82, 2.24) is 4.90 Å². The predicted octanol–water partition coefficient (Wildman–Crippen LogP) is 3.08. The molecular weight excluding hydrogens is 269 g/mol. The van der Waals surface area contributed by atoms with Gasteiger partial charge in [0.2, 0.25) is 0 Å². The van der Waals surface area contributed by atoms with Gasteiger partial charge in [0.25, 0.3) is 0 Å². The molecule has 1 N–H and O–H groups in total. The molecule has 4 heteroatoms. The number of hydrogen-bond acceptors (Lipinski definition) is 3. The molecule has 1 aliphatic rings. The van der Waals surface area contributed by atoms with Gasteiger partial charge in [-0.15, -0.1) is 0 Å². The smallest absolute Gasteiger partial charge is 0.165 e. The fraction of sp³-hybridized carbons (Fsp3) is 0.647. The highest BCUT2D eigenvalue weighted by atomic mass is 19.1. The van der Waals surface area contributed by atoms with Crippen molar-refractivity contribution in [2.24, 2.45) is 5.92 Å². The molecule has 118 valence electrons. The normalized spacial score (nSPS) is 24.0. The summed E-state index contributed by atoms with van der Waals surface area (Å²) in [5.74, 6) is 0.633. The molecule has 1 saturated carbocycles. The summed E-state index contributed by atoms with van der Waals surface area (Å²) in [4.78, 5) is 2.21. The van der Waals surface area contributed by atoms with Crippen LogP contribution in [0.1, 0.15) is 32.6 Å². The van der Waals surface area contributed by atoms with Crippen molar-refractivity contribution in [2.75, 3.05) is 20.2 Å². The van der Waals surface area contributed by atoms with Crippen LogP contribution in [-0.2, 0) is 0 Å². The molecule has 0 aliphatic heterocycles. The molecule has 1 aliphatic carbocycles. The van der Waals surface area contributed by atoms with Crippen LogP contribution in [0.2, 0.25) is 0 Å². The first kappa shape index (κ1) is 16.2. The van der Waals surface area contributed by atoms with Crippen molar-refractivity contribution < 1.29 is 14.2 Å². The third-order valence-corrected chi connectivity index (χ3v) is 4.38. The minimum atomic E-state index is -0.603. The van der Waals surface area contributed by atoms with Crippen LogP contribution >= 0.6 is 0 Å². The minimum Gasteiger partial charge on any atom is -0.488 e. The van der Waals surface area contributed by atoms with Gasteiger partial charge in [-0.1, -0.05) is 19.1 Å². The van der Waals surface area contributed by atoms with Crippen molar-refractivity contribution in [3.63, 3.8) is 0 Å². The van der Waals surface area contributed by atoms with Gasteiger partial charge in [-0.3, -0.25) is 0 Å². The van der Waals surface area contributed by atoms with Gasteiger partial charge < -0.3 is 14.7 Å². The maximum absolute atomic E-state index is 13.4. The highest BCUT2D eigenvalue weighted by Gasteiger charge is 2.23. The van der Waals surface area contributed by atoms with Crippen LogP contribution in [-0.4, -0.2) is 42.4 Å². The van der Waals surface area contributed by atoms with Crippen molar-refractivity contribution in [2.45, 2.75) is 44.8 Å². The number of nitrogens with zero attached hydrogens (tertiary/aromatic N) is 1. The Morgan fingerprint density at radius 3 is 2.62 bits per heavy atom. The Morgan fingerprint density at radius 1 is 1.29 bits per heavy atom. The van der Waals surface area contributed by atoms with Crippen molar-refractivity contribution in [3.8, 4) is 5.75 Å². The number of hydrogen-bond donors (Lipinski definition) is 1. The highest BCUT2D eigenvalue weighted by Crippen LogP contribution is 2.26. The molecule has 2 rings (SSSR count). The van der Waals surface area contributed by atoms with Gasteiger partial charge in [0.15, 0.2) is 11.6 Å². The average molecular weight is 295 g/mol. The molecule has 0 spiro atoms. The Balaban J connectivity index is 1.74. The first-order chi connectivity index (χ1) is 10.1. The van der Waals surface area contributed by atoms with Crippen molar-refractivity contribution in [1.29, 1.82) is 0 Å². The second kappa shape index (κ2) is 7.76. The van der Waals surface area contributed by atoms with Crippen LogP contribution in [0.15, 0.2) is 24.3 Å². The number of ether oxygens (including phenoxy) is 1. The van der Waals surface area contributed by atoms with E-state index < -0.39 is 6.10 Å². The summed E-state index contributed by atoms with van der Waals surface area (Å²) in [6.07, 6.45) is 4.30. The van der Waals surface area contributed by atoms with Gasteiger partial charge in [0.05, 0.1) is 0 Å². The molecule has 0 heterocycles. The van der Waals surface area contributed by atoms with Gasteiger partial charge >= 0.3 is 0 Å². The Kier molecular flexibility index (Phi) is 6.00. The zero-order valence-corrected chi connectivity index (χ0v) is 13.0. The summed E-state index contributed by atoms with van der Waals surface area (Å²) in [7, 11) is 2.05. The zero-order chi connectivity index (χ0) is 15.2. The van der Waals surface area contributed by atoms with Gasteiger partial charge in [0.1, 0.15) is 12.7 Å². The number of rotatable bonds is 6.